The summed E-state index contributed by atoms with van der Waals surface area (Å²) in [6, 6.07) is 22.3. The molecule has 4 rings (SSSR count). The molecule has 1 amide bonds. The van der Waals surface area contributed by atoms with Gasteiger partial charge in [0.1, 0.15) is 11.9 Å². The van der Waals surface area contributed by atoms with Gasteiger partial charge in [-0.1, -0.05) is 48.0 Å². The molecule has 0 unspecified atom stereocenters. The van der Waals surface area contributed by atoms with Gasteiger partial charge < -0.3 is 20.1 Å². The lowest BCUT2D eigenvalue weighted by atomic mass is 9.82. The van der Waals surface area contributed by atoms with E-state index >= 15 is 0 Å². The van der Waals surface area contributed by atoms with E-state index in [9.17, 15) is 14.7 Å². The van der Waals surface area contributed by atoms with E-state index in [1.807, 2.05) is 55.5 Å². The van der Waals surface area contributed by atoms with E-state index in [1.165, 1.54) is 6.92 Å². The molecule has 0 aromatic heterocycles. The molecule has 0 spiro atoms. The maximum absolute atomic E-state index is 14.0. The number of carbonyl (C=O) groups is 2. The smallest absolute Gasteiger partial charge is 0.260 e. The maximum atomic E-state index is 14.0. The number of fused-ring (bicyclic) bond motifs is 1. The third kappa shape index (κ3) is 3.63. The van der Waals surface area contributed by atoms with Crippen molar-refractivity contribution in [1.29, 1.82) is 0 Å². The SMILES string of the molecule is COc1ccc(N[C@@]2([C@@H](O)C(C)=O)C(=O)N(Cc3ccccc3)c3ccc(C)cc32)cc1. The zero-order chi connectivity index (χ0) is 22.9. The number of aryl methyl sites for hydroxylation is 1. The lowest BCUT2D eigenvalue weighted by Crippen LogP contribution is -2.56. The summed E-state index contributed by atoms with van der Waals surface area (Å²) >= 11 is 0. The minimum atomic E-state index is -1.64. The second-order valence-electron chi connectivity index (χ2n) is 8.07. The van der Waals surface area contributed by atoms with Gasteiger partial charge in [0.05, 0.1) is 19.3 Å². The fourth-order valence-corrected chi connectivity index (χ4v) is 4.22. The normalized spacial score (nSPS) is 18.2. The van der Waals surface area contributed by atoms with Gasteiger partial charge in [-0.2, -0.15) is 0 Å². The van der Waals surface area contributed by atoms with Crippen LogP contribution in [0.2, 0.25) is 0 Å². The minimum Gasteiger partial charge on any atom is -0.497 e. The number of benzene rings is 3. The number of anilines is 2. The lowest BCUT2D eigenvalue weighted by Gasteiger charge is -2.34. The van der Waals surface area contributed by atoms with E-state index in [0.29, 0.717) is 29.2 Å². The van der Waals surface area contributed by atoms with Gasteiger partial charge in [-0.3, -0.25) is 9.59 Å². The van der Waals surface area contributed by atoms with Gasteiger partial charge in [0, 0.05) is 11.3 Å². The highest BCUT2D eigenvalue weighted by Crippen LogP contribution is 2.46. The molecule has 2 atom stereocenters. The molecule has 164 valence electrons. The van der Waals surface area contributed by atoms with Crippen molar-refractivity contribution >= 4 is 23.1 Å². The van der Waals surface area contributed by atoms with Crippen molar-refractivity contribution in [2.24, 2.45) is 0 Å². The number of carbonyl (C=O) groups excluding carboxylic acids is 2. The Kier molecular flexibility index (Phi) is 5.72. The van der Waals surface area contributed by atoms with Crippen molar-refractivity contribution < 1.29 is 19.4 Å². The predicted molar refractivity (Wildman–Crippen MR) is 124 cm³/mol. The van der Waals surface area contributed by atoms with Crippen LogP contribution in [0.15, 0.2) is 72.8 Å². The second-order valence-corrected chi connectivity index (χ2v) is 8.07. The van der Waals surface area contributed by atoms with Crippen molar-refractivity contribution in [3.05, 3.63) is 89.5 Å². The first-order chi connectivity index (χ1) is 15.4. The van der Waals surface area contributed by atoms with Crippen molar-refractivity contribution in [2.75, 3.05) is 17.3 Å². The number of Topliss-reactive ketones (excluding diaryl/α,β-unsaturated/α-hetero) is 1. The summed E-state index contributed by atoms with van der Waals surface area (Å²) in [5, 5.41) is 14.4. The molecular formula is C26H26N2O4. The molecule has 0 saturated heterocycles. The number of hydrogen-bond acceptors (Lipinski definition) is 5. The second kappa shape index (κ2) is 8.48. The Bertz CT molecular complexity index is 1140. The van der Waals surface area contributed by atoms with Crippen LogP contribution in [0.5, 0.6) is 5.75 Å². The van der Waals surface area contributed by atoms with Gasteiger partial charge in [0.15, 0.2) is 11.3 Å². The van der Waals surface area contributed by atoms with Crippen LogP contribution in [-0.4, -0.2) is 30.0 Å². The highest BCUT2D eigenvalue weighted by Gasteiger charge is 2.57. The molecule has 0 fully saturated rings. The summed E-state index contributed by atoms with van der Waals surface area (Å²) in [6.45, 7) is 3.54. The average molecular weight is 431 g/mol. The van der Waals surface area contributed by atoms with Gasteiger partial charge in [-0.05, 0) is 49.7 Å². The van der Waals surface area contributed by atoms with Crippen LogP contribution in [0.25, 0.3) is 0 Å². The molecule has 0 bridgehead atoms. The quantitative estimate of drug-likeness (QED) is 0.596. The number of rotatable bonds is 7. The maximum Gasteiger partial charge on any atom is 0.260 e. The molecule has 6 nitrogen and oxygen atoms in total. The first-order valence-electron chi connectivity index (χ1n) is 10.4. The van der Waals surface area contributed by atoms with Gasteiger partial charge in [0.2, 0.25) is 0 Å². The molecule has 6 heteroatoms. The Morgan fingerprint density at radius 2 is 1.78 bits per heavy atom. The standard InChI is InChI=1S/C26H26N2O4/c1-17-9-14-23-22(15-17)26(24(30)18(2)29,27-20-10-12-21(32-3)13-11-20)25(31)28(23)16-19-7-5-4-6-8-19/h4-15,24,27,30H,16H2,1-3H3/t24-,26-/m0/s1. The summed E-state index contributed by atoms with van der Waals surface area (Å²) in [7, 11) is 1.57. The molecule has 0 aliphatic carbocycles. The highest BCUT2D eigenvalue weighted by atomic mass is 16.5. The lowest BCUT2D eigenvalue weighted by molar-refractivity contribution is -0.136. The molecule has 32 heavy (non-hydrogen) atoms. The Labute approximate surface area is 187 Å². The summed E-state index contributed by atoms with van der Waals surface area (Å²) < 4.78 is 5.22. The average Bonchev–Trinajstić information content (AvgIpc) is 3.02. The molecular weight excluding hydrogens is 404 g/mol. The Hall–Kier alpha value is -3.64. The minimum absolute atomic E-state index is 0.326. The Morgan fingerprint density at radius 3 is 2.41 bits per heavy atom. The largest absolute Gasteiger partial charge is 0.497 e. The van der Waals surface area contributed by atoms with Crippen LogP contribution in [-0.2, 0) is 21.7 Å². The molecule has 0 radical (unpaired) electrons. The number of ether oxygens (including phenoxy) is 1. The van der Waals surface area contributed by atoms with E-state index in [4.69, 9.17) is 4.74 Å². The molecule has 1 aliphatic heterocycles. The van der Waals surface area contributed by atoms with Crippen molar-refractivity contribution in [3.63, 3.8) is 0 Å². The third-order valence-electron chi connectivity index (χ3n) is 5.86. The van der Waals surface area contributed by atoms with E-state index in [2.05, 4.69) is 5.32 Å². The molecule has 3 aromatic carbocycles. The number of nitrogens with zero attached hydrogens (tertiary/aromatic N) is 1. The number of hydrogen-bond donors (Lipinski definition) is 2. The molecule has 3 aromatic rings. The van der Waals surface area contributed by atoms with Crippen LogP contribution < -0.4 is 15.0 Å². The first kappa shape index (κ1) is 21.6. The van der Waals surface area contributed by atoms with Crippen LogP contribution in [0.1, 0.15) is 23.6 Å². The van der Waals surface area contributed by atoms with Gasteiger partial charge >= 0.3 is 0 Å². The van der Waals surface area contributed by atoms with Crippen LogP contribution in [0.3, 0.4) is 0 Å². The predicted octanol–water partition coefficient (Wildman–Crippen LogP) is 3.81. The summed E-state index contributed by atoms with van der Waals surface area (Å²) in [5.41, 5.74) is 2.08. The number of amides is 1. The van der Waals surface area contributed by atoms with Crippen molar-refractivity contribution in [1.82, 2.24) is 0 Å². The number of aliphatic hydroxyl groups excluding tert-OH is 1. The highest BCUT2D eigenvalue weighted by molar-refractivity contribution is 6.12. The van der Waals surface area contributed by atoms with Crippen molar-refractivity contribution in [3.8, 4) is 5.75 Å². The molecule has 0 saturated carbocycles. The van der Waals surface area contributed by atoms with Gasteiger partial charge in [0.25, 0.3) is 5.91 Å². The topological polar surface area (TPSA) is 78.9 Å². The zero-order valence-electron chi connectivity index (χ0n) is 18.3. The van der Waals surface area contributed by atoms with E-state index in [1.54, 1.807) is 36.3 Å². The summed E-state index contributed by atoms with van der Waals surface area (Å²) in [6.07, 6.45) is -1.57. The monoisotopic (exact) mass is 430 g/mol. The van der Waals surface area contributed by atoms with E-state index in [0.717, 1.165) is 11.1 Å². The summed E-state index contributed by atoms with van der Waals surface area (Å²) in [4.78, 5) is 28.1. The zero-order valence-corrected chi connectivity index (χ0v) is 18.3. The number of ketones is 1. The number of aliphatic hydroxyl groups is 1. The number of nitrogens with one attached hydrogen (secondary N) is 1. The molecule has 1 heterocycles. The van der Waals surface area contributed by atoms with Crippen LogP contribution >= 0.6 is 0 Å². The van der Waals surface area contributed by atoms with Gasteiger partial charge in [-0.15, -0.1) is 0 Å². The first-order valence-corrected chi connectivity index (χ1v) is 10.4. The summed E-state index contributed by atoms with van der Waals surface area (Å²) in [5.74, 6) is -0.203. The number of methoxy groups -OCH3 is 1. The Balaban J connectivity index is 1.86. The fourth-order valence-electron chi connectivity index (χ4n) is 4.22. The van der Waals surface area contributed by atoms with Crippen molar-refractivity contribution in [2.45, 2.75) is 32.0 Å². The van der Waals surface area contributed by atoms with E-state index < -0.39 is 17.4 Å². The fraction of sp³-hybridized carbons (Fsp3) is 0.231. The Morgan fingerprint density at radius 1 is 1.09 bits per heavy atom. The van der Waals surface area contributed by atoms with E-state index in [-0.39, 0.29) is 5.91 Å². The van der Waals surface area contributed by atoms with Crippen LogP contribution in [0, 0.1) is 6.92 Å². The molecule has 1 aliphatic rings. The molecule has 2 N–H and O–H groups in total. The van der Waals surface area contributed by atoms with Crippen LogP contribution in [0.4, 0.5) is 11.4 Å². The third-order valence-corrected chi connectivity index (χ3v) is 5.86. The van der Waals surface area contributed by atoms with Gasteiger partial charge in [-0.25, -0.2) is 0 Å².